The summed E-state index contributed by atoms with van der Waals surface area (Å²) < 4.78 is 2.42. The fraction of sp³-hybridized carbons (Fsp3) is 0.100. The first kappa shape index (κ1) is 36.4. The van der Waals surface area contributed by atoms with Crippen LogP contribution in [0, 0.1) is 0 Å². The molecule has 0 unspecified atom stereocenters. The number of para-hydroxylation sites is 2. The normalized spacial score (nSPS) is 14.1. The molecular weight excluding hydrogens is 749 g/mol. The molecule has 10 aromatic rings. The van der Waals surface area contributed by atoms with E-state index in [0.29, 0.717) is 0 Å². The lowest BCUT2D eigenvalue weighted by Gasteiger charge is -2.29. The summed E-state index contributed by atoms with van der Waals surface area (Å²) in [7, 11) is 0. The van der Waals surface area contributed by atoms with Crippen LogP contribution in [0.1, 0.15) is 49.9 Å². The molecule has 296 valence electrons. The molecule has 0 fully saturated rings. The van der Waals surface area contributed by atoms with E-state index in [-0.39, 0.29) is 10.8 Å². The maximum absolute atomic E-state index is 2.43. The van der Waals surface area contributed by atoms with Crippen molar-refractivity contribution in [1.82, 2.24) is 4.57 Å². The quantitative estimate of drug-likeness (QED) is 0.163. The maximum atomic E-state index is 2.43. The Hall–Kier alpha value is -7.42. The Kier molecular flexibility index (Phi) is 7.96. The summed E-state index contributed by atoms with van der Waals surface area (Å²) in [5.41, 5.74) is 22.7. The van der Waals surface area contributed by atoms with Gasteiger partial charge < -0.3 is 9.47 Å². The number of anilines is 3. The van der Waals surface area contributed by atoms with Crippen LogP contribution in [0.5, 0.6) is 0 Å². The standard InChI is InChI=1S/C60H46N2/c1-59(2)50-24-13-11-21-46(50)57-45(23-15-26-52(57)59)41-32-36-55-49(38-41)48-37-40(31-35-54(48)62(55)43-19-9-6-10-20-43)39-29-33-44(34-30-39)61(42-17-7-5-8-18-42)56-28-16-27-53-58(56)47-22-12-14-25-51(47)60(53,3)4/h5-38H,1-4H3. The van der Waals surface area contributed by atoms with Gasteiger partial charge in [0, 0.05) is 44.2 Å². The maximum Gasteiger partial charge on any atom is 0.0543 e. The van der Waals surface area contributed by atoms with Crippen LogP contribution in [0.25, 0.3) is 72.0 Å². The van der Waals surface area contributed by atoms with Crippen LogP contribution in [0.15, 0.2) is 206 Å². The van der Waals surface area contributed by atoms with Crippen LogP contribution in [0.4, 0.5) is 17.1 Å². The van der Waals surface area contributed by atoms with Crippen LogP contribution >= 0.6 is 0 Å². The van der Waals surface area contributed by atoms with Crippen molar-refractivity contribution in [1.29, 1.82) is 0 Å². The van der Waals surface area contributed by atoms with E-state index in [1.807, 2.05) is 0 Å². The van der Waals surface area contributed by atoms with Crippen molar-refractivity contribution >= 4 is 38.9 Å². The second-order valence-corrected chi connectivity index (χ2v) is 18.1. The Morgan fingerprint density at radius 1 is 0.355 bits per heavy atom. The zero-order valence-corrected chi connectivity index (χ0v) is 35.5. The fourth-order valence-corrected chi connectivity index (χ4v) is 10.9. The van der Waals surface area contributed by atoms with E-state index >= 15 is 0 Å². The van der Waals surface area contributed by atoms with E-state index in [1.165, 1.54) is 94.3 Å². The van der Waals surface area contributed by atoms with Crippen molar-refractivity contribution in [2.24, 2.45) is 0 Å². The second-order valence-electron chi connectivity index (χ2n) is 18.1. The molecule has 12 rings (SSSR count). The highest BCUT2D eigenvalue weighted by Gasteiger charge is 2.38. The molecule has 1 heterocycles. The van der Waals surface area contributed by atoms with Crippen LogP contribution < -0.4 is 4.90 Å². The van der Waals surface area contributed by atoms with Gasteiger partial charge in [0.2, 0.25) is 0 Å². The molecule has 2 aliphatic rings. The third-order valence-electron chi connectivity index (χ3n) is 14.0. The second kappa shape index (κ2) is 13.5. The van der Waals surface area contributed by atoms with Crippen LogP contribution in [0.3, 0.4) is 0 Å². The summed E-state index contributed by atoms with van der Waals surface area (Å²) >= 11 is 0. The molecule has 0 spiro atoms. The lowest BCUT2D eigenvalue weighted by Crippen LogP contribution is -2.16. The number of hydrogen-bond acceptors (Lipinski definition) is 1. The molecule has 0 N–H and O–H groups in total. The first-order valence-corrected chi connectivity index (χ1v) is 21.9. The molecule has 0 saturated heterocycles. The van der Waals surface area contributed by atoms with Gasteiger partial charge in [-0.1, -0.05) is 167 Å². The fourth-order valence-electron chi connectivity index (χ4n) is 10.9. The molecule has 0 atom stereocenters. The van der Waals surface area contributed by atoms with Crippen LogP contribution in [0.2, 0.25) is 0 Å². The molecule has 0 aliphatic heterocycles. The Balaban J connectivity index is 1.00. The molecule has 0 amide bonds. The molecular formula is C60H46N2. The van der Waals surface area contributed by atoms with Crippen molar-refractivity contribution in [3.8, 4) is 50.2 Å². The SMILES string of the molecule is CC1(C)c2ccccc2-c2c(-c3ccc4c(c3)c3cc(-c5ccc(N(c6ccccc6)c6cccc7c6-c6ccccc6C7(C)C)cc5)ccc3n4-c3ccccc3)cccc21. The molecule has 62 heavy (non-hydrogen) atoms. The van der Waals surface area contributed by atoms with Gasteiger partial charge in [0.05, 0.1) is 16.7 Å². The Morgan fingerprint density at radius 3 is 1.48 bits per heavy atom. The average molecular weight is 795 g/mol. The minimum Gasteiger partial charge on any atom is -0.310 e. The first-order valence-electron chi connectivity index (χ1n) is 21.9. The summed E-state index contributed by atoms with van der Waals surface area (Å²) in [6.45, 7) is 9.42. The van der Waals surface area contributed by atoms with Crippen LogP contribution in [-0.4, -0.2) is 4.57 Å². The average Bonchev–Trinajstić information content (AvgIpc) is 3.86. The summed E-state index contributed by atoms with van der Waals surface area (Å²) in [4.78, 5) is 2.43. The molecule has 2 heteroatoms. The molecule has 0 bridgehead atoms. The van der Waals surface area contributed by atoms with E-state index in [4.69, 9.17) is 0 Å². The Labute approximate surface area is 364 Å². The van der Waals surface area contributed by atoms with Gasteiger partial charge >= 0.3 is 0 Å². The summed E-state index contributed by atoms with van der Waals surface area (Å²) in [6.07, 6.45) is 0. The summed E-state index contributed by atoms with van der Waals surface area (Å²) in [6, 6.07) is 76.4. The van der Waals surface area contributed by atoms with Gasteiger partial charge in [-0.15, -0.1) is 0 Å². The number of hydrogen-bond donors (Lipinski definition) is 0. The molecule has 9 aromatic carbocycles. The summed E-state index contributed by atoms with van der Waals surface area (Å²) in [5.74, 6) is 0. The van der Waals surface area contributed by atoms with Crippen molar-refractivity contribution in [3.63, 3.8) is 0 Å². The Bertz CT molecular complexity index is 3390. The highest BCUT2D eigenvalue weighted by Crippen LogP contribution is 2.55. The number of aromatic nitrogens is 1. The highest BCUT2D eigenvalue weighted by molar-refractivity contribution is 6.12. The molecule has 2 aliphatic carbocycles. The van der Waals surface area contributed by atoms with Crippen molar-refractivity contribution in [3.05, 3.63) is 229 Å². The monoisotopic (exact) mass is 794 g/mol. The summed E-state index contributed by atoms with van der Waals surface area (Å²) in [5, 5.41) is 2.49. The van der Waals surface area contributed by atoms with E-state index in [0.717, 1.165) is 17.1 Å². The predicted molar refractivity (Wildman–Crippen MR) is 261 cm³/mol. The third kappa shape index (κ3) is 5.29. The predicted octanol–water partition coefficient (Wildman–Crippen LogP) is 16.2. The lowest BCUT2D eigenvalue weighted by atomic mass is 9.82. The third-order valence-corrected chi connectivity index (χ3v) is 14.0. The van der Waals surface area contributed by atoms with E-state index in [2.05, 4.69) is 243 Å². The number of rotatable bonds is 6. The Morgan fingerprint density at radius 2 is 0.823 bits per heavy atom. The molecule has 2 nitrogen and oxygen atoms in total. The molecule has 0 saturated carbocycles. The number of nitrogens with zero attached hydrogens (tertiary/aromatic N) is 2. The van der Waals surface area contributed by atoms with Gasteiger partial charge in [-0.25, -0.2) is 0 Å². The van der Waals surface area contributed by atoms with Crippen molar-refractivity contribution in [2.45, 2.75) is 38.5 Å². The van der Waals surface area contributed by atoms with Gasteiger partial charge in [0.1, 0.15) is 0 Å². The smallest absolute Gasteiger partial charge is 0.0543 e. The lowest BCUT2D eigenvalue weighted by molar-refractivity contribution is 0.660. The molecule has 0 radical (unpaired) electrons. The van der Waals surface area contributed by atoms with Gasteiger partial charge in [-0.3, -0.25) is 0 Å². The molecule has 1 aromatic heterocycles. The topological polar surface area (TPSA) is 8.17 Å². The zero-order valence-electron chi connectivity index (χ0n) is 35.5. The van der Waals surface area contributed by atoms with Crippen molar-refractivity contribution < 1.29 is 0 Å². The van der Waals surface area contributed by atoms with Crippen LogP contribution in [-0.2, 0) is 10.8 Å². The van der Waals surface area contributed by atoms with Crippen molar-refractivity contribution in [2.75, 3.05) is 4.90 Å². The van der Waals surface area contributed by atoms with E-state index < -0.39 is 0 Å². The largest absolute Gasteiger partial charge is 0.310 e. The minimum absolute atomic E-state index is 0.0541. The highest BCUT2D eigenvalue weighted by atomic mass is 15.1. The van der Waals surface area contributed by atoms with Gasteiger partial charge in [0.25, 0.3) is 0 Å². The van der Waals surface area contributed by atoms with Gasteiger partial charge in [-0.2, -0.15) is 0 Å². The van der Waals surface area contributed by atoms with Gasteiger partial charge in [-0.05, 0) is 128 Å². The van der Waals surface area contributed by atoms with E-state index in [1.54, 1.807) is 0 Å². The minimum atomic E-state index is -0.0827. The van der Waals surface area contributed by atoms with E-state index in [9.17, 15) is 0 Å². The number of benzene rings is 9. The number of fused-ring (bicyclic) bond motifs is 9. The first-order chi connectivity index (χ1) is 30.3. The van der Waals surface area contributed by atoms with Gasteiger partial charge in [0.15, 0.2) is 0 Å². The zero-order chi connectivity index (χ0) is 41.7.